The molecule has 1 aliphatic carbocycles. The summed E-state index contributed by atoms with van der Waals surface area (Å²) in [4.78, 5) is 0. The molecular weight excluding hydrogens is 162 g/mol. The lowest BCUT2D eigenvalue weighted by atomic mass is 9.66. The van der Waals surface area contributed by atoms with E-state index in [1.165, 1.54) is 12.8 Å². The predicted molar refractivity (Wildman–Crippen MR) is 55.3 cm³/mol. The SMILES string of the molecule is CC(C)[C@@H]1CC[C@@H](C)C[C@@]1(N)CO. The molecule has 3 N–H and O–H groups in total. The fourth-order valence-electron chi connectivity index (χ4n) is 2.83. The van der Waals surface area contributed by atoms with E-state index in [-0.39, 0.29) is 12.1 Å². The topological polar surface area (TPSA) is 46.2 Å². The molecule has 3 atom stereocenters. The molecule has 2 heteroatoms. The van der Waals surface area contributed by atoms with Gasteiger partial charge >= 0.3 is 0 Å². The van der Waals surface area contributed by atoms with Gasteiger partial charge in [-0.25, -0.2) is 0 Å². The van der Waals surface area contributed by atoms with Crippen LogP contribution in [0.5, 0.6) is 0 Å². The number of hydrogen-bond acceptors (Lipinski definition) is 2. The molecule has 0 aromatic rings. The highest BCUT2D eigenvalue weighted by molar-refractivity contribution is 4.96. The third-order valence-corrected chi connectivity index (χ3v) is 3.54. The molecule has 0 bridgehead atoms. The van der Waals surface area contributed by atoms with E-state index in [0.717, 1.165) is 6.42 Å². The van der Waals surface area contributed by atoms with Crippen LogP contribution in [0.1, 0.15) is 40.0 Å². The van der Waals surface area contributed by atoms with Crippen molar-refractivity contribution < 1.29 is 5.11 Å². The van der Waals surface area contributed by atoms with Crippen molar-refractivity contribution in [3.05, 3.63) is 0 Å². The zero-order valence-electron chi connectivity index (χ0n) is 9.09. The van der Waals surface area contributed by atoms with E-state index in [2.05, 4.69) is 20.8 Å². The molecule has 0 amide bonds. The van der Waals surface area contributed by atoms with Crippen molar-refractivity contribution in [1.29, 1.82) is 0 Å². The quantitative estimate of drug-likeness (QED) is 0.688. The van der Waals surface area contributed by atoms with Gasteiger partial charge in [0.2, 0.25) is 0 Å². The van der Waals surface area contributed by atoms with E-state index in [1.54, 1.807) is 0 Å². The van der Waals surface area contributed by atoms with Crippen LogP contribution in [0.4, 0.5) is 0 Å². The van der Waals surface area contributed by atoms with E-state index >= 15 is 0 Å². The summed E-state index contributed by atoms with van der Waals surface area (Å²) in [5.41, 5.74) is 5.93. The number of rotatable bonds is 2. The van der Waals surface area contributed by atoms with Gasteiger partial charge in [-0.15, -0.1) is 0 Å². The second-order valence-electron chi connectivity index (χ2n) is 5.13. The van der Waals surface area contributed by atoms with E-state index in [1.807, 2.05) is 0 Å². The molecule has 0 aromatic carbocycles. The zero-order chi connectivity index (χ0) is 10.1. The number of hydrogen-bond donors (Lipinski definition) is 2. The van der Waals surface area contributed by atoms with Gasteiger partial charge in [0.05, 0.1) is 6.61 Å². The third kappa shape index (κ3) is 2.23. The molecule has 0 spiro atoms. The summed E-state index contributed by atoms with van der Waals surface area (Å²) in [7, 11) is 0. The Morgan fingerprint density at radius 2 is 2.08 bits per heavy atom. The first-order valence-electron chi connectivity index (χ1n) is 5.39. The molecule has 78 valence electrons. The Kier molecular flexibility index (Phi) is 3.36. The Morgan fingerprint density at radius 1 is 1.46 bits per heavy atom. The Hall–Kier alpha value is -0.0800. The standard InChI is InChI=1S/C11H23NO/c1-8(2)10-5-4-9(3)6-11(10,12)7-13/h8-10,13H,4-7,12H2,1-3H3/t9-,10+,11-/m1/s1. The lowest BCUT2D eigenvalue weighted by molar-refractivity contribution is 0.0532. The predicted octanol–water partition coefficient (Wildman–Crippen LogP) is 1.77. The molecule has 1 aliphatic rings. The first kappa shape index (κ1) is 11.0. The molecule has 2 nitrogen and oxygen atoms in total. The summed E-state index contributed by atoms with van der Waals surface area (Å²) >= 11 is 0. The normalized spacial score (nSPS) is 41.1. The smallest absolute Gasteiger partial charge is 0.0614 e. The van der Waals surface area contributed by atoms with E-state index in [9.17, 15) is 5.11 Å². The first-order chi connectivity index (χ1) is 5.99. The molecule has 0 aliphatic heterocycles. The lowest BCUT2D eigenvalue weighted by Gasteiger charge is -2.44. The highest BCUT2D eigenvalue weighted by Crippen LogP contribution is 2.39. The first-order valence-corrected chi connectivity index (χ1v) is 5.39. The summed E-state index contributed by atoms with van der Waals surface area (Å²) in [5.74, 6) is 1.76. The minimum absolute atomic E-state index is 0.139. The molecular formula is C11H23NO. The minimum atomic E-state index is -0.314. The molecule has 0 radical (unpaired) electrons. The van der Waals surface area contributed by atoms with Crippen molar-refractivity contribution >= 4 is 0 Å². The second-order valence-corrected chi connectivity index (χ2v) is 5.13. The van der Waals surface area contributed by atoms with Gasteiger partial charge in [-0.2, -0.15) is 0 Å². The average Bonchev–Trinajstić information content (AvgIpc) is 2.03. The summed E-state index contributed by atoms with van der Waals surface area (Å²) < 4.78 is 0. The van der Waals surface area contributed by atoms with Crippen molar-refractivity contribution in [1.82, 2.24) is 0 Å². The van der Waals surface area contributed by atoms with Gasteiger partial charge in [-0.05, 0) is 30.6 Å². The van der Waals surface area contributed by atoms with Crippen LogP contribution in [-0.4, -0.2) is 17.3 Å². The van der Waals surface area contributed by atoms with Gasteiger partial charge in [0.1, 0.15) is 0 Å². The zero-order valence-corrected chi connectivity index (χ0v) is 9.09. The molecule has 0 aromatic heterocycles. The van der Waals surface area contributed by atoms with Crippen molar-refractivity contribution in [2.24, 2.45) is 23.5 Å². The minimum Gasteiger partial charge on any atom is -0.394 e. The second kappa shape index (κ2) is 3.97. The van der Waals surface area contributed by atoms with Crippen LogP contribution >= 0.6 is 0 Å². The Labute approximate surface area is 81.5 Å². The van der Waals surface area contributed by atoms with Gasteiger partial charge in [-0.3, -0.25) is 0 Å². The maximum absolute atomic E-state index is 9.36. The molecule has 0 heterocycles. The fourth-order valence-corrected chi connectivity index (χ4v) is 2.83. The van der Waals surface area contributed by atoms with Gasteiger partial charge in [0, 0.05) is 5.54 Å². The van der Waals surface area contributed by atoms with Gasteiger partial charge in [0.25, 0.3) is 0 Å². The molecule has 0 unspecified atom stereocenters. The van der Waals surface area contributed by atoms with Crippen molar-refractivity contribution in [3.63, 3.8) is 0 Å². The molecule has 1 rings (SSSR count). The molecule has 0 saturated heterocycles. The third-order valence-electron chi connectivity index (χ3n) is 3.54. The van der Waals surface area contributed by atoms with E-state index < -0.39 is 0 Å². The van der Waals surface area contributed by atoms with Crippen LogP contribution in [0.2, 0.25) is 0 Å². The van der Waals surface area contributed by atoms with Crippen molar-refractivity contribution in [3.8, 4) is 0 Å². The molecule has 1 saturated carbocycles. The highest BCUT2D eigenvalue weighted by Gasteiger charge is 2.40. The van der Waals surface area contributed by atoms with Crippen LogP contribution in [0, 0.1) is 17.8 Å². The number of aliphatic hydroxyl groups is 1. The van der Waals surface area contributed by atoms with E-state index in [4.69, 9.17) is 5.73 Å². The Balaban J connectivity index is 2.72. The fraction of sp³-hybridized carbons (Fsp3) is 1.00. The Morgan fingerprint density at radius 3 is 2.54 bits per heavy atom. The highest BCUT2D eigenvalue weighted by atomic mass is 16.3. The lowest BCUT2D eigenvalue weighted by Crippen LogP contribution is -2.55. The monoisotopic (exact) mass is 185 g/mol. The molecule has 1 fully saturated rings. The van der Waals surface area contributed by atoms with Gasteiger partial charge < -0.3 is 10.8 Å². The molecule has 13 heavy (non-hydrogen) atoms. The van der Waals surface area contributed by atoms with Crippen LogP contribution in [0.25, 0.3) is 0 Å². The van der Waals surface area contributed by atoms with Crippen LogP contribution < -0.4 is 5.73 Å². The summed E-state index contributed by atoms with van der Waals surface area (Å²) in [6.07, 6.45) is 3.42. The van der Waals surface area contributed by atoms with E-state index in [0.29, 0.717) is 17.8 Å². The largest absolute Gasteiger partial charge is 0.394 e. The van der Waals surface area contributed by atoms with Crippen LogP contribution in [-0.2, 0) is 0 Å². The summed E-state index contributed by atoms with van der Waals surface area (Å²) in [5, 5.41) is 9.36. The Bertz CT molecular complexity index is 169. The average molecular weight is 185 g/mol. The van der Waals surface area contributed by atoms with Crippen molar-refractivity contribution in [2.75, 3.05) is 6.61 Å². The maximum atomic E-state index is 9.36. The summed E-state index contributed by atoms with van der Waals surface area (Å²) in [6.45, 7) is 6.78. The maximum Gasteiger partial charge on any atom is 0.0614 e. The van der Waals surface area contributed by atoms with Gasteiger partial charge in [-0.1, -0.05) is 27.2 Å². The summed E-state index contributed by atoms with van der Waals surface area (Å²) in [6, 6.07) is 0. The van der Waals surface area contributed by atoms with Gasteiger partial charge in [0.15, 0.2) is 0 Å². The van der Waals surface area contributed by atoms with Crippen LogP contribution in [0.3, 0.4) is 0 Å². The van der Waals surface area contributed by atoms with Crippen LogP contribution in [0.15, 0.2) is 0 Å². The number of nitrogens with two attached hydrogens (primary N) is 1. The van der Waals surface area contributed by atoms with Crippen molar-refractivity contribution in [2.45, 2.75) is 45.6 Å². The number of aliphatic hydroxyl groups excluding tert-OH is 1.